The normalized spacial score (nSPS) is 25.2. The van der Waals surface area contributed by atoms with E-state index in [9.17, 15) is 36.8 Å². The van der Waals surface area contributed by atoms with Gasteiger partial charge in [-0.2, -0.15) is 0 Å². The number of fused-ring (bicyclic) bond motifs is 3. The predicted molar refractivity (Wildman–Crippen MR) is 208 cm³/mol. The number of benzene rings is 2. The second kappa shape index (κ2) is 16.8. The van der Waals surface area contributed by atoms with E-state index >= 15 is 0 Å². The zero-order valence-corrected chi connectivity index (χ0v) is 34.1. The summed E-state index contributed by atoms with van der Waals surface area (Å²) in [5.41, 5.74) is -1.26. The summed E-state index contributed by atoms with van der Waals surface area (Å²) in [6, 6.07) is 6.44. The maximum absolute atomic E-state index is 14.5. The summed E-state index contributed by atoms with van der Waals surface area (Å²) in [5.74, 6) is -3.98. The van der Waals surface area contributed by atoms with Crippen LogP contribution in [-0.4, -0.2) is 84.0 Å². The molecule has 18 heteroatoms. The molecule has 3 aliphatic heterocycles. The molecular formula is C39H46Cl2FN5O9S. The highest BCUT2D eigenvalue weighted by atomic mass is 35.5. The molecule has 1 saturated heterocycles. The highest BCUT2D eigenvalue weighted by Gasteiger charge is 2.61. The Morgan fingerprint density at radius 3 is 2.54 bits per heavy atom. The van der Waals surface area contributed by atoms with Crippen molar-refractivity contribution in [3.63, 3.8) is 0 Å². The molecule has 3 N–H and O–H groups in total. The van der Waals surface area contributed by atoms with E-state index in [0.717, 1.165) is 6.42 Å². The lowest BCUT2D eigenvalue weighted by Gasteiger charge is -2.30. The number of carbonyl (C=O) groups excluding carboxylic acids is 5. The Balaban J connectivity index is 1.25. The van der Waals surface area contributed by atoms with Crippen LogP contribution in [0.4, 0.5) is 14.0 Å². The number of amides is 5. The molecule has 3 heterocycles. The number of allylic oxidation sites excluding steroid dienone is 1. The minimum absolute atomic E-state index is 0.0253. The zero-order valence-electron chi connectivity index (χ0n) is 31.8. The van der Waals surface area contributed by atoms with Gasteiger partial charge in [-0.15, -0.1) is 0 Å². The quantitative estimate of drug-likeness (QED) is 0.317. The molecule has 2 aromatic carbocycles. The van der Waals surface area contributed by atoms with E-state index in [4.69, 9.17) is 32.7 Å². The number of nitrogens with one attached hydrogen (secondary N) is 3. The van der Waals surface area contributed by atoms with Crippen LogP contribution >= 0.6 is 23.2 Å². The lowest BCUT2D eigenvalue weighted by atomic mass is 10.0. The molecule has 308 valence electrons. The number of alkyl carbamates (subject to hydrolysis) is 1. The third kappa shape index (κ3) is 10.2. The van der Waals surface area contributed by atoms with E-state index in [-0.39, 0.29) is 54.5 Å². The number of nitrogens with zero attached hydrogens (tertiary/aromatic N) is 2. The molecule has 2 fully saturated rings. The molecule has 0 bridgehead atoms. The van der Waals surface area contributed by atoms with Gasteiger partial charge in [-0.3, -0.25) is 24.0 Å². The summed E-state index contributed by atoms with van der Waals surface area (Å²) in [7, 11) is -4.30. The zero-order chi connectivity index (χ0) is 41.3. The maximum atomic E-state index is 14.5. The van der Waals surface area contributed by atoms with E-state index in [2.05, 4.69) is 15.4 Å². The fourth-order valence-electron chi connectivity index (χ4n) is 7.46. The van der Waals surface area contributed by atoms with E-state index in [0.29, 0.717) is 30.4 Å². The van der Waals surface area contributed by atoms with Crippen molar-refractivity contribution in [2.45, 2.75) is 114 Å². The average Bonchev–Trinajstić information content (AvgIpc) is 3.40. The Bertz CT molecular complexity index is 2080. The number of hydrogen-bond acceptors (Lipinski definition) is 9. The molecule has 0 spiro atoms. The summed E-state index contributed by atoms with van der Waals surface area (Å²) < 4.78 is 54.4. The molecule has 5 amide bonds. The number of sulfonamides is 1. The molecule has 0 radical (unpaired) electrons. The average molecular weight is 851 g/mol. The van der Waals surface area contributed by atoms with Crippen LogP contribution in [0.1, 0.15) is 82.4 Å². The first-order chi connectivity index (χ1) is 26.8. The van der Waals surface area contributed by atoms with Gasteiger partial charge < -0.3 is 25.0 Å². The molecule has 57 heavy (non-hydrogen) atoms. The second-order valence-electron chi connectivity index (χ2n) is 16.0. The molecule has 0 unspecified atom stereocenters. The highest BCUT2D eigenvalue weighted by Crippen LogP contribution is 2.46. The van der Waals surface area contributed by atoms with Gasteiger partial charge >= 0.3 is 12.2 Å². The Labute approximate surface area is 340 Å². The number of carbonyl (C=O) groups is 5. The molecule has 4 aliphatic rings. The van der Waals surface area contributed by atoms with Gasteiger partial charge in [0.15, 0.2) is 0 Å². The van der Waals surface area contributed by atoms with Crippen molar-refractivity contribution in [2.24, 2.45) is 5.92 Å². The van der Waals surface area contributed by atoms with Gasteiger partial charge in [-0.1, -0.05) is 66.4 Å². The largest absolute Gasteiger partial charge is 0.444 e. The third-order valence-corrected chi connectivity index (χ3v) is 12.3. The molecular weight excluding hydrogens is 804 g/mol. The molecule has 5 atom stereocenters. The van der Waals surface area contributed by atoms with Gasteiger partial charge in [-0.25, -0.2) is 22.4 Å². The molecule has 2 aromatic rings. The number of rotatable bonds is 6. The van der Waals surface area contributed by atoms with E-state index in [1.54, 1.807) is 39.0 Å². The molecule has 6 rings (SSSR count). The number of ether oxygens (including phenoxy) is 2. The molecule has 1 aliphatic carbocycles. The maximum Gasteiger partial charge on any atom is 0.410 e. The van der Waals surface area contributed by atoms with Crippen molar-refractivity contribution < 1.29 is 46.3 Å². The summed E-state index contributed by atoms with van der Waals surface area (Å²) in [4.78, 5) is 71.6. The van der Waals surface area contributed by atoms with Crippen molar-refractivity contribution in [1.82, 2.24) is 25.2 Å². The second-order valence-corrected chi connectivity index (χ2v) is 18.5. The topological polar surface area (TPSA) is 181 Å². The lowest BCUT2D eigenvalue weighted by molar-refractivity contribution is -0.141. The summed E-state index contributed by atoms with van der Waals surface area (Å²) in [6.07, 6.45) is 3.74. The minimum Gasteiger partial charge on any atom is -0.444 e. The SMILES string of the molecule is CC(C)(C)OC(=O)N[C@H]1CCCCCC=C[C@@H]2C[C@@]2(C(=O)NS(=O)(=O)Cc2ccc(Cl)c(Cl)c2)NC(=O)[C@@H]2C[C@@H](OC(=O)N3Cc4cccc(F)c4C3)CN2C1=O. The molecule has 1 saturated carbocycles. The van der Waals surface area contributed by atoms with Gasteiger partial charge in [0, 0.05) is 24.4 Å². The van der Waals surface area contributed by atoms with Gasteiger partial charge in [0.25, 0.3) is 5.91 Å². The fraction of sp³-hybridized carbons (Fsp3) is 0.513. The van der Waals surface area contributed by atoms with Crippen LogP contribution in [0.2, 0.25) is 10.0 Å². The monoisotopic (exact) mass is 849 g/mol. The summed E-state index contributed by atoms with van der Waals surface area (Å²) in [5, 5.41) is 5.79. The smallest absolute Gasteiger partial charge is 0.410 e. The fourth-order valence-corrected chi connectivity index (χ4v) is 8.94. The van der Waals surface area contributed by atoms with Gasteiger partial charge in [0.1, 0.15) is 35.1 Å². The Hall–Kier alpha value is -4.41. The Kier molecular flexibility index (Phi) is 12.5. The van der Waals surface area contributed by atoms with Crippen LogP contribution in [0.15, 0.2) is 48.6 Å². The Morgan fingerprint density at radius 2 is 1.82 bits per heavy atom. The van der Waals surface area contributed by atoms with Crippen LogP contribution in [0, 0.1) is 11.7 Å². The van der Waals surface area contributed by atoms with E-state index in [1.165, 1.54) is 34.1 Å². The van der Waals surface area contributed by atoms with Gasteiger partial charge in [0.05, 0.1) is 28.9 Å². The highest BCUT2D eigenvalue weighted by molar-refractivity contribution is 7.89. The molecule has 0 aromatic heterocycles. The van der Waals surface area contributed by atoms with Gasteiger partial charge in [-0.05, 0) is 75.8 Å². The first-order valence-electron chi connectivity index (χ1n) is 18.8. The predicted octanol–water partition coefficient (Wildman–Crippen LogP) is 5.49. The summed E-state index contributed by atoms with van der Waals surface area (Å²) in [6.45, 7) is 4.89. The first-order valence-corrected chi connectivity index (χ1v) is 21.2. The third-order valence-electron chi connectivity index (χ3n) is 10.4. The van der Waals surface area contributed by atoms with Crippen molar-refractivity contribution in [2.75, 3.05) is 6.54 Å². The van der Waals surface area contributed by atoms with Crippen molar-refractivity contribution in [3.05, 3.63) is 81.1 Å². The lowest BCUT2D eigenvalue weighted by Crippen LogP contribution is -2.58. The minimum atomic E-state index is -4.30. The van der Waals surface area contributed by atoms with E-state index in [1.807, 2.05) is 6.08 Å². The van der Waals surface area contributed by atoms with Crippen molar-refractivity contribution >= 4 is 63.1 Å². The summed E-state index contributed by atoms with van der Waals surface area (Å²) >= 11 is 12.1. The van der Waals surface area contributed by atoms with Crippen LogP contribution < -0.4 is 15.4 Å². The standard InChI is InChI=1S/C39H46Cl2FN5O9S/c1-38(2,3)56-36(51)43-31-13-8-6-4-5-7-11-25-18-39(25,35(50)45-57(53,54)22-23-14-15-28(40)29(41)16-23)44-33(48)32-17-26(20-47(32)34(31)49)55-37(52)46-19-24-10-9-12-30(42)27(24)21-46/h7,9-12,14-16,25-26,31-32H,4-6,8,13,17-22H2,1-3H3,(H,43,51)(H,44,48)(H,45,50)/t25-,26-,31+,32+,39-/m1/s1. The van der Waals surface area contributed by atoms with Crippen LogP contribution in [0.5, 0.6) is 0 Å². The van der Waals surface area contributed by atoms with Crippen LogP contribution in [0.3, 0.4) is 0 Å². The van der Waals surface area contributed by atoms with Crippen LogP contribution in [0.25, 0.3) is 0 Å². The van der Waals surface area contributed by atoms with Crippen LogP contribution in [-0.2, 0) is 52.7 Å². The van der Waals surface area contributed by atoms with Crippen molar-refractivity contribution in [3.8, 4) is 0 Å². The molecule has 14 nitrogen and oxygen atoms in total. The Morgan fingerprint density at radius 1 is 1.05 bits per heavy atom. The van der Waals surface area contributed by atoms with Crippen molar-refractivity contribution in [1.29, 1.82) is 0 Å². The number of hydrogen-bond donors (Lipinski definition) is 3. The number of halogens is 3. The first kappa shape index (κ1) is 42.2. The van der Waals surface area contributed by atoms with E-state index < -0.39 is 86.7 Å². The van der Waals surface area contributed by atoms with Gasteiger partial charge in [0.2, 0.25) is 21.8 Å².